The van der Waals surface area contributed by atoms with Crippen LogP contribution < -0.4 is 0 Å². The number of aliphatic hydroxyl groups excluding tert-OH is 1. The molecular weight excluding hydrogens is 188 g/mol. The Morgan fingerprint density at radius 2 is 2.07 bits per heavy atom. The first kappa shape index (κ1) is 9.93. The van der Waals surface area contributed by atoms with Crippen LogP contribution in [0.25, 0.3) is 11.4 Å². The maximum atomic E-state index is 9.35. The van der Waals surface area contributed by atoms with Crippen LogP contribution in [0.2, 0.25) is 0 Å². The first-order chi connectivity index (χ1) is 7.27. The predicted molar refractivity (Wildman–Crippen MR) is 59.3 cm³/mol. The van der Waals surface area contributed by atoms with Crippen LogP contribution in [0.5, 0.6) is 0 Å². The largest absolute Gasteiger partial charge is 0.392 e. The zero-order valence-corrected chi connectivity index (χ0v) is 8.67. The van der Waals surface area contributed by atoms with Crippen molar-refractivity contribution in [1.82, 2.24) is 9.55 Å². The monoisotopic (exact) mass is 202 g/mol. The van der Waals surface area contributed by atoms with Crippen LogP contribution in [0.4, 0.5) is 0 Å². The Bertz CT molecular complexity index is 420. The van der Waals surface area contributed by atoms with E-state index in [0.29, 0.717) is 6.54 Å². The molecule has 1 atom stereocenters. The van der Waals surface area contributed by atoms with Gasteiger partial charge in [-0.25, -0.2) is 4.98 Å². The van der Waals surface area contributed by atoms with Gasteiger partial charge in [0.25, 0.3) is 0 Å². The summed E-state index contributed by atoms with van der Waals surface area (Å²) in [5, 5.41) is 9.35. The molecule has 0 aliphatic carbocycles. The lowest BCUT2D eigenvalue weighted by molar-refractivity contribution is 0.174. The molecule has 78 valence electrons. The Morgan fingerprint density at radius 1 is 1.33 bits per heavy atom. The lowest BCUT2D eigenvalue weighted by atomic mass is 10.2. The van der Waals surface area contributed by atoms with Crippen molar-refractivity contribution >= 4 is 0 Å². The minimum Gasteiger partial charge on any atom is -0.392 e. The Hall–Kier alpha value is -1.61. The predicted octanol–water partition coefficient (Wildman–Crippen LogP) is 1.93. The first-order valence-electron chi connectivity index (χ1n) is 5.02. The van der Waals surface area contributed by atoms with Gasteiger partial charge < -0.3 is 9.67 Å². The van der Waals surface area contributed by atoms with E-state index in [-0.39, 0.29) is 6.10 Å². The first-order valence-corrected chi connectivity index (χ1v) is 5.02. The van der Waals surface area contributed by atoms with Crippen molar-refractivity contribution in [3.05, 3.63) is 42.7 Å². The molecule has 0 fully saturated rings. The average Bonchev–Trinajstić information content (AvgIpc) is 2.66. The Balaban J connectivity index is 2.33. The molecule has 2 rings (SSSR count). The molecule has 0 spiro atoms. The molecule has 2 aromatic rings. The van der Waals surface area contributed by atoms with E-state index in [9.17, 15) is 5.11 Å². The number of rotatable bonds is 3. The molecule has 1 N–H and O–H groups in total. The Labute approximate surface area is 89.0 Å². The van der Waals surface area contributed by atoms with Crippen molar-refractivity contribution in [2.75, 3.05) is 0 Å². The molecule has 0 amide bonds. The molecular formula is C12H14N2O. The number of hydrogen-bond donors (Lipinski definition) is 1. The minimum absolute atomic E-state index is 0.360. The van der Waals surface area contributed by atoms with Crippen molar-refractivity contribution in [3.8, 4) is 11.4 Å². The fraction of sp³-hybridized carbons (Fsp3) is 0.250. The highest BCUT2D eigenvalue weighted by Crippen LogP contribution is 2.16. The molecule has 0 unspecified atom stereocenters. The second-order valence-corrected chi connectivity index (χ2v) is 3.62. The third-order valence-corrected chi connectivity index (χ3v) is 2.21. The third kappa shape index (κ3) is 2.25. The van der Waals surface area contributed by atoms with Gasteiger partial charge in [0.15, 0.2) is 0 Å². The summed E-state index contributed by atoms with van der Waals surface area (Å²) >= 11 is 0. The molecule has 0 radical (unpaired) electrons. The fourth-order valence-electron chi connectivity index (χ4n) is 1.59. The number of hydrogen-bond acceptors (Lipinski definition) is 2. The number of aromatic nitrogens is 2. The van der Waals surface area contributed by atoms with Crippen molar-refractivity contribution in [1.29, 1.82) is 0 Å². The van der Waals surface area contributed by atoms with Crippen LogP contribution >= 0.6 is 0 Å². The molecule has 1 heterocycles. The molecule has 0 saturated carbocycles. The van der Waals surface area contributed by atoms with E-state index in [2.05, 4.69) is 4.98 Å². The molecule has 1 aromatic carbocycles. The second kappa shape index (κ2) is 4.28. The van der Waals surface area contributed by atoms with E-state index in [4.69, 9.17) is 0 Å². The lowest BCUT2D eigenvalue weighted by Crippen LogP contribution is -2.11. The molecule has 3 heteroatoms. The standard InChI is InChI=1S/C12H14N2O/c1-10(15)9-14-8-7-13-12(14)11-5-3-2-4-6-11/h2-8,10,15H,9H2,1H3/t10-/m0/s1. The maximum Gasteiger partial charge on any atom is 0.139 e. The van der Waals surface area contributed by atoms with E-state index in [0.717, 1.165) is 11.4 Å². The average molecular weight is 202 g/mol. The van der Waals surface area contributed by atoms with Crippen molar-refractivity contribution in [2.24, 2.45) is 0 Å². The summed E-state index contributed by atoms with van der Waals surface area (Å²) in [4.78, 5) is 4.29. The van der Waals surface area contributed by atoms with Crippen LogP contribution in [0.3, 0.4) is 0 Å². The summed E-state index contributed by atoms with van der Waals surface area (Å²) in [5.74, 6) is 0.900. The molecule has 0 aliphatic heterocycles. The van der Waals surface area contributed by atoms with Crippen LogP contribution in [-0.4, -0.2) is 20.8 Å². The van der Waals surface area contributed by atoms with Crippen LogP contribution in [-0.2, 0) is 6.54 Å². The maximum absolute atomic E-state index is 9.35. The van der Waals surface area contributed by atoms with Gasteiger partial charge in [0.2, 0.25) is 0 Å². The summed E-state index contributed by atoms with van der Waals surface area (Å²) < 4.78 is 1.96. The number of benzene rings is 1. The summed E-state index contributed by atoms with van der Waals surface area (Å²) in [6.07, 6.45) is 3.28. The Kier molecular flexibility index (Phi) is 2.83. The molecule has 0 aliphatic rings. The molecule has 0 bridgehead atoms. The topological polar surface area (TPSA) is 38.0 Å². The molecule has 0 saturated heterocycles. The van der Waals surface area contributed by atoms with Crippen molar-refractivity contribution in [2.45, 2.75) is 19.6 Å². The highest BCUT2D eigenvalue weighted by Gasteiger charge is 2.06. The van der Waals surface area contributed by atoms with E-state index >= 15 is 0 Å². The van der Waals surface area contributed by atoms with E-state index < -0.39 is 0 Å². The smallest absolute Gasteiger partial charge is 0.139 e. The van der Waals surface area contributed by atoms with Crippen molar-refractivity contribution in [3.63, 3.8) is 0 Å². The zero-order valence-electron chi connectivity index (χ0n) is 8.67. The van der Waals surface area contributed by atoms with Gasteiger partial charge in [-0.05, 0) is 6.92 Å². The summed E-state index contributed by atoms with van der Waals surface area (Å²) in [6.45, 7) is 2.35. The lowest BCUT2D eigenvalue weighted by Gasteiger charge is -2.09. The van der Waals surface area contributed by atoms with Gasteiger partial charge in [-0.15, -0.1) is 0 Å². The van der Waals surface area contributed by atoms with Gasteiger partial charge >= 0.3 is 0 Å². The number of aliphatic hydroxyl groups is 1. The number of nitrogens with zero attached hydrogens (tertiary/aromatic N) is 2. The van der Waals surface area contributed by atoms with E-state index in [1.54, 1.807) is 13.1 Å². The van der Waals surface area contributed by atoms with Gasteiger partial charge in [-0.3, -0.25) is 0 Å². The quantitative estimate of drug-likeness (QED) is 0.825. The van der Waals surface area contributed by atoms with E-state index in [1.807, 2.05) is 41.1 Å². The molecule has 1 aromatic heterocycles. The number of imidazole rings is 1. The Morgan fingerprint density at radius 3 is 2.73 bits per heavy atom. The highest BCUT2D eigenvalue weighted by atomic mass is 16.3. The normalized spacial score (nSPS) is 12.7. The van der Waals surface area contributed by atoms with Crippen LogP contribution in [0.15, 0.2) is 42.7 Å². The minimum atomic E-state index is -0.360. The van der Waals surface area contributed by atoms with Crippen LogP contribution in [0, 0.1) is 0 Å². The van der Waals surface area contributed by atoms with E-state index in [1.165, 1.54) is 0 Å². The van der Waals surface area contributed by atoms with Gasteiger partial charge in [-0.2, -0.15) is 0 Å². The van der Waals surface area contributed by atoms with Gasteiger partial charge in [-0.1, -0.05) is 30.3 Å². The fourth-order valence-corrected chi connectivity index (χ4v) is 1.59. The summed E-state index contributed by atoms with van der Waals surface area (Å²) in [7, 11) is 0. The van der Waals surface area contributed by atoms with Gasteiger partial charge in [0.05, 0.1) is 6.10 Å². The van der Waals surface area contributed by atoms with Gasteiger partial charge in [0.1, 0.15) is 5.82 Å². The SMILES string of the molecule is C[C@H](O)Cn1ccnc1-c1ccccc1. The molecule has 3 nitrogen and oxygen atoms in total. The highest BCUT2D eigenvalue weighted by molar-refractivity contribution is 5.55. The summed E-state index contributed by atoms with van der Waals surface area (Å²) in [5.41, 5.74) is 1.07. The van der Waals surface area contributed by atoms with Crippen LogP contribution in [0.1, 0.15) is 6.92 Å². The summed E-state index contributed by atoms with van der Waals surface area (Å²) in [6, 6.07) is 9.97. The molecule has 15 heavy (non-hydrogen) atoms. The second-order valence-electron chi connectivity index (χ2n) is 3.62. The third-order valence-electron chi connectivity index (χ3n) is 2.21. The zero-order chi connectivity index (χ0) is 10.7. The van der Waals surface area contributed by atoms with Gasteiger partial charge in [0, 0.05) is 24.5 Å². The van der Waals surface area contributed by atoms with Crippen molar-refractivity contribution < 1.29 is 5.11 Å².